The van der Waals surface area contributed by atoms with E-state index >= 15 is 0 Å². The fourth-order valence-corrected chi connectivity index (χ4v) is 3.65. The van der Waals surface area contributed by atoms with Gasteiger partial charge in [-0.2, -0.15) is 0 Å². The maximum absolute atomic E-state index is 5.62. The lowest BCUT2D eigenvalue weighted by molar-refractivity contribution is 0.0724. The Balaban J connectivity index is 1.60. The van der Waals surface area contributed by atoms with Gasteiger partial charge in [0.2, 0.25) is 0 Å². The van der Waals surface area contributed by atoms with E-state index in [0.717, 1.165) is 18.6 Å². The van der Waals surface area contributed by atoms with Crippen LogP contribution in [-0.2, 0) is 4.74 Å². The standard InChI is InChI=1S/C17H34N2O/c1-15(2)20-13-7-6-11-19-12-10-18-17(14-19)16-8-4-3-5-9-16/h15-18H,3-14H2,1-2H3. The molecule has 3 nitrogen and oxygen atoms in total. The summed E-state index contributed by atoms with van der Waals surface area (Å²) in [6, 6.07) is 0.760. The van der Waals surface area contributed by atoms with Gasteiger partial charge < -0.3 is 15.0 Å². The second kappa shape index (κ2) is 9.01. The molecule has 118 valence electrons. The second-order valence-corrected chi connectivity index (χ2v) is 6.89. The summed E-state index contributed by atoms with van der Waals surface area (Å²) in [5.74, 6) is 0.941. The summed E-state index contributed by atoms with van der Waals surface area (Å²) < 4.78 is 5.62. The Morgan fingerprint density at radius 2 is 1.95 bits per heavy atom. The average molecular weight is 282 g/mol. The molecule has 0 aromatic rings. The molecule has 3 heteroatoms. The number of hydrogen-bond donors (Lipinski definition) is 1. The first kappa shape index (κ1) is 16.3. The first-order valence-corrected chi connectivity index (χ1v) is 8.83. The summed E-state index contributed by atoms with van der Waals surface area (Å²) in [7, 11) is 0. The van der Waals surface area contributed by atoms with Gasteiger partial charge in [-0.15, -0.1) is 0 Å². The Kier molecular flexibility index (Phi) is 7.32. The first-order valence-electron chi connectivity index (χ1n) is 8.83. The molecule has 1 unspecified atom stereocenters. The lowest BCUT2D eigenvalue weighted by Gasteiger charge is -2.39. The molecule has 2 fully saturated rings. The summed E-state index contributed by atoms with van der Waals surface area (Å²) in [4.78, 5) is 2.67. The molecule has 1 saturated heterocycles. The van der Waals surface area contributed by atoms with E-state index in [1.165, 1.54) is 71.1 Å². The lowest BCUT2D eigenvalue weighted by Crippen LogP contribution is -2.54. The molecule has 1 heterocycles. The van der Waals surface area contributed by atoms with E-state index in [9.17, 15) is 0 Å². The van der Waals surface area contributed by atoms with Gasteiger partial charge in [0.25, 0.3) is 0 Å². The van der Waals surface area contributed by atoms with Crippen LogP contribution in [0.5, 0.6) is 0 Å². The van der Waals surface area contributed by atoms with Gasteiger partial charge >= 0.3 is 0 Å². The van der Waals surface area contributed by atoms with Crippen molar-refractivity contribution >= 4 is 0 Å². The van der Waals surface area contributed by atoms with Crippen LogP contribution in [0.2, 0.25) is 0 Å². The second-order valence-electron chi connectivity index (χ2n) is 6.89. The predicted octanol–water partition coefficient (Wildman–Crippen LogP) is 3.05. The third-order valence-corrected chi connectivity index (χ3v) is 4.83. The van der Waals surface area contributed by atoms with Crippen molar-refractivity contribution in [2.75, 3.05) is 32.8 Å². The average Bonchev–Trinajstić information content (AvgIpc) is 2.48. The van der Waals surface area contributed by atoms with Gasteiger partial charge in [0.15, 0.2) is 0 Å². The van der Waals surface area contributed by atoms with Crippen molar-refractivity contribution in [2.45, 2.75) is 70.9 Å². The fraction of sp³-hybridized carbons (Fsp3) is 1.00. The highest BCUT2D eigenvalue weighted by atomic mass is 16.5. The molecule has 1 aliphatic heterocycles. The Labute approximate surface area is 125 Å². The Hall–Kier alpha value is -0.120. The van der Waals surface area contributed by atoms with Crippen molar-refractivity contribution < 1.29 is 4.74 Å². The lowest BCUT2D eigenvalue weighted by atomic mass is 9.83. The highest BCUT2D eigenvalue weighted by molar-refractivity contribution is 4.85. The van der Waals surface area contributed by atoms with Crippen molar-refractivity contribution in [1.29, 1.82) is 0 Å². The van der Waals surface area contributed by atoms with E-state index in [1.807, 2.05) is 0 Å². The van der Waals surface area contributed by atoms with Gasteiger partial charge in [0, 0.05) is 32.3 Å². The number of unbranched alkanes of at least 4 members (excludes halogenated alkanes) is 1. The third-order valence-electron chi connectivity index (χ3n) is 4.83. The summed E-state index contributed by atoms with van der Waals surface area (Å²) in [5, 5.41) is 3.77. The van der Waals surface area contributed by atoms with E-state index in [0.29, 0.717) is 6.10 Å². The quantitative estimate of drug-likeness (QED) is 0.726. The molecule has 20 heavy (non-hydrogen) atoms. The summed E-state index contributed by atoms with van der Waals surface area (Å²) in [6.07, 6.45) is 10.1. The van der Waals surface area contributed by atoms with Crippen LogP contribution >= 0.6 is 0 Å². The maximum Gasteiger partial charge on any atom is 0.0518 e. The van der Waals surface area contributed by atoms with Crippen molar-refractivity contribution in [3.05, 3.63) is 0 Å². The smallest absolute Gasteiger partial charge is 0.0518 e. The minimum absolute atomic E-state index is 0.380. The van der Waals surface area contributed by atoms with Crippen LogP contribution in [0.4, 0.5) is 0 Å². The third kappa shape index (κ3) is 5.71. The summed E-state index contributed by atoms with van der Waals surface area (Å²) >= 11 is 0. The van der Waals surface area contributed by atoms with E-state index in [1.54, 1.807) is 0 Å². The van der Waals surface area contributed by atoms with Crippen LogP contribution in [0.3, 0.4) is 0 Å². The fourth-order valence-electron chi connectivity index (χ4n) is 3.65. The van der Waals surface area contributed by atoms with E-state index < -0.39 is 0 Å². The molecule has 1 atom stereocenters. The first-order chi connectivity index (χ1) is 9.75. The van der Waals surface area contributed by atoms with Crippen LogP contribution in [0.1, 0.15) is 58.8 Å². The van der Waals surface area contributed by atoms with Gasteiger partial charge in [0.1, 0.15) is 0 Å². The number of ether oxygens (including phenoxy) is 1. The molecule has 2 rings (SSSR count). The Morgan fingerprint density at radius 3 is 2.70 bits per heavy atom. The molecule has 0 amide bonds. The number of nitrogens with zero attached hydrogens (tertiary/aromatic N) is 1. The van der Waals surface area contributed by atoms with Crippen LogP contribution in [0.25, 0.3) is 0 Å². The van der Waals surface area contributed by atoms with Crippen molar-refractivity contribution in [2.24, 2.45) is 5.92 Å². The zero-order valence-corrected chi connectivity index (χ0v) is 13.6. The van der Waals surface area contributed by atoms with E-state index in [4.69, 9.17) is 4.74 Å². The SMILES string of the molecule is CC(C)OCCCCN1CCNC(C2CCCCC2)C1. The Morgan fingerprint density at radius 1 is 1.15 bits per heavy atom. The Bertz CT molecular complexity index is 251. The minimum atomic E-state index is 0.380. The molecule has 1 aliphatic carbocycles. The number of nitrogens with one attached hydrogen (secondary N) is 1. The number of piperazine rings is 1. The number of hydrogen-bond acceptors (Lipinski definition) is 3. The highest BCUT2D eigenvalue weighted by Crippen LogP contribution is 2.27. The maximum atomic E-state index is 5.62. The molecular formula is C17H34N2O. The molecule has 2 aliphatic rings. The van der Waals surface area contributed by atoms with Gasteiger partial charge in [-0.25, -0.2) is 0 Å². The van der Waals surface area contributed by atoms with Crippen LogP contribution in [0, 0.1) is 5.92 Å². The topological polar surface area (TPSA) is 24.5 Å². The van der Waals surface area contributed by atoms with Crippen LogP contribution < -0.4 is 5.32 Å². The molecule has 1 saturated carbocycles. The van der Waals surface area contributed by atoms with Gasteiger partial charge in [-0.3, -0.25) is 0 Å². The molecule has 0 radical (unpaired) electrons. The van der Waals surface area contributed by atoms with Gasteiger partial charge in [-0.1, -0.05) is 19.3 Å². The van der Waals surface area contributed by atoms with Crippen molar-refractivity contribution in [3.8, 4) is 0 Å². The van der Waals surface area contributed by atoms with E-state index in [-0.39, 0.29) is 0 Å². The molecular weight excluding hydrogens is 248 g/mol. The largest absolute Gasteiger partial charge is 0.379 e. The van der Waals surface area contributed by atoms with Crippen molar-refractivity contribution in [1.82, 2.24) is 10.2 Å². The van der Waals surface area contributed by atoms with Crippen molar-refractivity contribution in [3.63, 3.8) is 0 Å². The zero-order valence-electron chi connectivity index (χ0n) is 13.6. The van der Waals surface area contributed by atoms with Crippen LogP contribution in [0.15, 0.2) is 0 Å². The molecule has 1 N–H and O–H groups in total. The summed E-state index contributed by atoms with van der Waals surface area (Å²) in [5.41, 5.74) is 0. The normalized spacial score (nSPS) is 26.2. The highest BCUT2D eigenvalue weighted by Gasteiger charge is 2.27. The molecule has 0 bridgehead atoms. The zero-order chi connectivity index (χ0) is 14.2. The molecule has 0 spiro atoms. The monoisotopic (exact) mass is 282 g/mol. The molecule has 0 aromatic heterocycles. The predicted molar refractivity (Wildman–Crippen MR) is 85.1 cm³/mol. The van der Waals surface area contributed by atoms with Gasteiger partial charge in [0.05, 0.1) is 6.10 Å². The number of rotatable bonds is 7. The minimum Gasteiger partial charge on any atom is -0.379 e. The molecule has 0 aromatic carbocycles. The van der Waals surface area contributed by atoms with E-state index in [2.05, 4.69) is 24.1 Å². The van der Waals surface area contributed by atoms with Gasteiger partial charge in [-0.05, 0) is 52.0 Å². The van der Waals surface area contributed by atoms with Crippen LogP contribution in [-0.4, -0.2) is 49.8 Å². The summed E-state index contributed by atoms with van der Waals surface area (Å²) in [6.45, 7) is 10.1.